The van der Waals surface area contributed by atoms with Crippen molar-refractivity contribution in [2.24, 2.45) is 23.2 Å². The van der Waals surface area contributed by atoms with Gasteiger partial charge >= 0.3 is 5.97 Å². The smallest absolute Gasteiger partial charge is 0.331 e. The summed E-state index contributed by atoms with van der Waals surface area (Å²) < 4.78 is 0. The maximum Gasteiger partial charge on any atom is 0.331 e. The normalized spacial score (nSPS) is 36.5. The first-order valence-electron chi connectivity index (χ1n) is 7.79. The lowest BCUT2D eigenvalue weighted by Gasteiger charge is -2.52. The van der Waals surface area contributed by atoms with E-state index in [9.17, 15) is 9.90 Å². The Morgan fingerprint density at radius 3 is 2.58 bits per heavy atom. The summed E-state index contributed by atoms with van der Waals surface area (Å²) in [6.07, 6.45) is 7.20. The summed E-state index contributed by atoms with van der Waals surface area (Å²) in [5.74, 6) is 1.58. The van der Waals surface area contributed by atoms with Crippen LogP contribution >= 0.6 is 0 Å². The fourth-order valence-electron chi connectivity index (χ4n) is 4.62. The molecule has 0 radical (unpaired) electrons. The predicted molar refractivity (Wildman–Crippen MR) is 78.0 cm³/mol. The summed E-state index contributed by atoms with van der Waals surface area (Å²) >= 11 is 0. The van der Waals surface area contributed by atoms with E-state index in [1.54, 1.807) is 6.92 Å². The van der Waals surface area contributed by atoms with Gasteiger partial charge in [-0.15, -0.1) is 0 Å². The number of hydrogen-bond acceptors (Lipinski definition) is 1. The van der Waals surface area contributed by atoms with E-state index in [0.29, 0.717) is 16.9 Å². The summed E-state index contributed by atoms with van der Waals surface area (Å²) in [6.45, 7) is 8.91. The Kier molecular flexibility index (Phi) is 4.08. The van der Waals surface area contributed by atoms with E-state index in [-0.39, 0.29) is 0 Å². The van der Waals surface area contributed by atoms with Crippen LogP contribution in [0.2, 0.25) is 0 Å². The fraction of sp³-hybridized carbons (Fsp3) is 0.824. The van der Waals surface area contributed by atoms with E-state index < -0.39 is 5.97 Å². The Balaban J connectivity index is 2.24. The van der Waals surface area contributed by atoms with Gasteiger partial charge < -0.3 is 5.11 Å². The van der Waals surface area contributed by atoms with E-state index in [1.807, 2.05) is 0 Å². The van der Waals surface area contributed by atoms with Crippen LogP contribution in [0.25, 0.3) is 0 Å². The van der Waals surface area contributed by atoms with Crippen molar-refractivity contribution < 1.29 is 9.90 Å². The second-order valence-corrected chi connectivity index (χ2v) is 7.15. The van der Waals surface area contributed by atoms with Gasteiger partial charge in [-0.25, -0.2) is 4.79 Å². The van der Waals surface area contributed by atoms with Crippen molar-refractivity contribution in [1.82, 2.24) is 0 Å². The molecule has 0 amide bonds. The Bertz CT molecular complexity index is 392. The van der Waals surface area contributed by atoms with Crippen LogP contribution in [-0.4, -0.2) is 11.1 Å². The minimum absolute atomic E-state index is 0.363. The molecule has 0 aliphatic heterocycles. The zero-order chi connectivity index (χ0) is 14.2. The van der Waals surface area contributed by atoms with Crippen LogP contribution in [0.3, 0.4) is 0 Å². The van der Waals surface area contributed by atoms with Gasteiger partial charge in [-0.3, -0.25) is 0 Å². The first-order valence-corrected chi connectivity index (χ1v) is 7.79. The monoisotopic (exact) mass is 264 g/mol. The highest BCUT2D eigenvalue weighted by atomic mass is 16.4. The molecule has 3 atom stereocenters. The molecule has 2 nitrogen and oxygen atoms in total. The van der Waals surface area contributed by atoms with Crippen LogP contribution in [0.15, 0.2) is 11.1 Å². The minimum Gasteiger partial charge on any atom is -0.478 e. The van der Waals surface area contributed by atoms with Gasteiger partial charge in [0, 0.05) is 5.57 Å². The van der Waals surface area contributed by atoms with Gasteiger partial charge in [0.25, 0.3) is 0 Å². The van der Waals surface area contributed by atoms with Gasteiger partial charge in [0.15, 0.2) is 0 Å². The Morgan fingerprint density at radius 1 is 1.32 bits per heavy atom. The summed E-state index contributed by atoms with van der Waals surface area (Å²) in [5, 5.41) is 9.20. The topological polar surface area (TPSA) is 37.3 Å². The Morgan fingerprint density at radius 2 is 2.00 bits per heavy atom. The van der Waals surface area contributed by atoms with Crippen molar-refractivity contribution in [3.63, 3.8) is 0 Å². The summed E-state index contributed by atoms with van der Waals surface area (Å²) in [5.41, 5.74) is 2.17. The largest absolute Gasteiger partial charge is 0.478 e. The first kappa shape index (κ1) is 14.6. The maximum atomic E-state index is 11.2. The third-order valence-electron chi connectivity index (χ3n) is 6.09. The quantitative estimate of drug-likeness (QED) is 0.737. The van der Waals surface area contributed by atoms with Crippen LogP contribution in [0, 0.1) is 23.2 Å². The van der Waals surface area contributed by atoms with E-state index in [2.05, 4.69) is 20.8 Å². The Hall–Kier alpha value is -0.790. The molecule has 2 aliphatic carbocycles. The summed E-state index contributed by atoms with van der Waals surface area (Å²) in [4.78, 5) is 11.2. The van der Waals surface area contributed by atoms with Gasteiger partial charge in [0.1, 0.15) is 0 Å². The standard InChI is InChI=1S/C17H28O2/c1-5-14-9-8-12-6-7-13(11(2)16(18)19)10-15(12)17(14,3)4/h12,14-15H,5-10H2,1-4H3,(H,18,19)/t12?,14-,15-/m1/s1. The number of carboxylic acid groups (broad SMARTS) is 1. The highest BCUT2D eigenvalue weighted by molar-refractivity contribution is 5.86. The van der Waals surface area contributed by atoms with E-state index in [0.717, 1.165) is 24.7 Å². The maximum absolute atomic E-state index is 11.2. The van der Waals surface area contributed by atoms with Gasteiger partial charge in [-0.1, -0.05) is 32.8 Å². The number of aliphatic carboxylic acids is 1. The zero-order valence-corrected chi connectivity index (χ0v) is 12.8. The molecule has 0 aromatic rings. The van der Waals surface area contributed by atoms with E-state index in [1.165, 1.54) is 31.3 Å². The van der Waals surface area contributed by atoms with E-state index >= 15 is 0 Å². The highest BCUT2D eigenvalue weighted by Gasteiger charge is 2.46. The van der Waals surface area contributed by atoms with Crippen LogP contribution in [0.1, 0.15) is 66.2 Å². The highest BCUT2D eigenvalue weighted by Crippen LogP contribution is 2.55. The molecule has 0 bridgehead atoms. The van der Waals surface area contributed by atoms with Crippen molar-refractivity contribution in [3.05, 3.63) is 11.1 Å². The zero-order valence-electron chi connectivity index (χ0n) is 12.8. The Labute approximate surface area is 117 Å². The van der Waals surface area contributed by atoms with Crippen LogP contribution in [-0.2, 0) is 4.79 Å². The van der Waals surface area contributed by atoms with Crippen LogP contribution in [0.4, 0.5) is 0 Å². The molecule has 2 fully saturated rings. The van der Waals surface area contributed by atoms with Crippen molar-refractivity contribution in [2.45, 2.75) is 66.2 Å². The molecule has 1 N–H and O–H groups in total. The molecule has 19 heavy (non-hydrogen) atoms. The molecule has 0 spiro atoms. The molecule has 2 aliphatic rings. The average molecular weight is 264 g/mol. The number of hydrogen-bond donors (Lipinski definition) is 1. The third kappa shape index (κ3) is 2.59. The minimum atomic E-state index is -0.728. The van der Waals surface area contributed by atoms with Crippen molar-refractivity contribution >= 4 is 5.97 Å². The molecule has 0 saturated heterocycles. The SMILES string of the molecule is CC[C@@H]1CCC2CCC(=C(C)C(=O)O)C[C@H]2C1(C)C. The molecule has 0 aromatic heterocycles. The lowest BCUT2D eigenvalue weighted by molar-refractivity contribution is -0.132. The second kappa shape index (κ2) is 5.30. The second-order valence-electron chi connectivity index (χ2n) is 7.15. The van der Waals surface area contributed by atoms with Crippen LogP contribution in [0.5, 0.6) is 0 Å². The molecular weight excluding hydrogens is 236 g/mol. The number of carbonyl (C=O) groups is 1. The molecule has 0 aromatic carbocycles. The molecule has 1 unspecified atom stereocenters. The number of rotatable bonds is 2. The first-order chi connectivity index (χ1) is 8.87. The molecule has 108 valence electrons. The van der Waals surface area contributed by atoms with Gasteiger partial charge in [0.05, 0.1) is 0 Å². The van der Waals surface area contributed by atoms with Crippen molar-refractivity contribution in [1.29, 1.82) is 0 Å². The van der Waals surface area contributed by atoms with Crippen LogP contribution < -0.4 is 0 Å². The summed E-state index contributed by atoms with van der Waals surface area (Å²) in [6, 6.07) is 0. The average Bonchev–Trinajstić information content (AvgIpc) is 2.37. The van der Waals surface area contributed by atoms with Gasteiger partial charge in [0.2, 0.25) is 0 Å². The number of fused-ring (bicyclic) bond motifs is 1. The lowest BCUT2D eigenvalue weighted by Crippen LogP contribution is -2.43. The van der Waals surface area contributed by atoms with Gasteiger partial charge in [-0.05, 0) is 62.2 Å². The fourth-order valence-corrected chi connectivity index (χ4v) is 4.62. The van der Waals surface area contributed by atoms with E-state index in [4.69, 9.17) is 0 Å². The summed E-state index contributed by atoms with van der Waals surface area (Å²) in [7, 11) is 0. The molecule has 2 heteroatoms. The number of allylic oxidation sites excluding steroid dienone is 1. The molecular formula is C17H28O2. The predicted octanol–water partition coefficient (Wildman–Crippen LogP) is 4.65. The van der Waals surface area contributed by atoms with Gasteiger partial charge in [-0.2, -0.15) is 0 Å². The number of carboxylic acids is 1. The van der Waals surface area contributed by atoms with Crippen molar-refractivity contribution in [2.75, 3.05) is 0 Å². The molecule has 2 rings (SSSR count). The molecule has 0 heterocycles. The van der Waals surface area contributed by atoms with Crippen molar-refractivity contribution in [3.8, 4) is 0 Å². The molecule has 2 saturated carbocycles. The third-order valence-corrected chi connectivity index (χ3v) is 6.09. The lowest BCUT2D eigenvalue weighted by atomic mass is 9.53.